The minimum Gasteiger partial charge on any atom is -0.372 e. The summed E-state index contributed by atoms with van der Waals surface area (Å²) in [6.07, 6.45) is 9.33. The molecule has 0 radical (unpaired) electrons. The van der Waals surface area contributed by atoms with Gasteiger partial charge in [-0.15, -0.1) is 0 Å². The smallest absolute Gasteiger partial charge is 0.137 e. The Morgan fingerprint density at radius 2 is 1.70 bits per heavy atom. The van der Waals surface area contributed by atoms with Gasteiger partial charge in [-0.3, -0.25) is 4.90 Å². The number of hydrogen-bond acceptors (Lipinski definition) is 3. The van der Waals surface area contributed by atoms with Crippen LogP contribution in [0.3, 0.4) is 0 Å². The lowest BCUT2D eigenvalue weighted by Crippen LogP contribution is -2.41. The predicted molar refractivity (Wildman–Crippen MR) is 132 cm³/mol. The second-order valence-electron chi connectivity index (χ2n) is 9.45. The molecule has 2 fully saturated rings. The van der Waals surface area contributed by atoms with Gasteiger partial charge in [0.2, 0.25) is 0 Å². The van der Waals surface area contributed by atoms with Gasteiger partial charge in [-0.05, 0) is 59.2 Å². The molecular formula is C28H26N4O. The van der Waals surface area contributed by atoms with Crippen molar-refractivity contribution < 1.29 is 4.74 Å². The van der Waals surface area contributed by atoms with Crippen LogP contribution in [0.2, 0.25) is 0 Å². The molecule has 2 unspecified atom stereocenters. The van der Waals surface area contributed by atoms with Crippen LogP contribution < -0.4 is 0 Å². The number of rotatable bonds is 4. The molecule has 5 aromatic rings. The Hall–Kier alpha value is -3.41. The summed E-state index contributed by atoms with van der Waals surface area (Å²) in [5.41, 5.74) is 8.15. The van der Waals surface area contributed by atoms with Crippen LogP contribution in [0.1, 0.15) is 18.4 Å². The molecule has 5 nitrogen and oxygen atoms in total. The number of nitrogens with zero attached hydrogens (tertiary/aromatic N) is 2. The van der Waals surface area contributed by atoms with E-state index in [9.17, 15) is 0 Å². The number of nitrogens with one attached hydrogen (secondary N) is 2. The van der Waals surface area contributed by atoms with Crippen LogP contribution in [0.5, 0.6) is 0 Å². The van der Waals surface area contributed by atoms with Crippen LogP contribution in [-0.4, -0.2) is 45.1 Å². The first kappa shape index (κ1) is 19.1. The fourth-order valence-electron chi connectivity index (χ4n) is 5.51. The highest BCUT2D eigenvalue weighted by Gasteiger charge is 2.33. The monoisotopic (exact) mass is 434 g/mol. The molecule has 7 rings (SSSR count). The SMILES string of the molecule is c1cc2cc(-c3c[nH]c4ncc(-c5ccc(CN6CC7CCC(C6)O7)cc5)cc34)ccc2[nH]1. The van der Waals surface area contributed by atoms with Crippen molar-refractivity contribution in [2.24, 2.45) is 0 Å². The van der Waals surface area contributed by atoms with Gasteiger partial charge in [-0.1, -0.05) is 30.3 Å². The topological polar surface area (TPSA) is 56.9 Å². The molecule has 2 bridgehead atoms. The third-order valence-corrected chi connectivity index (χ3v) is 7.21. The van der Waals surface area contributed by atoms with Crippen molar-refractivity contribution in [2.75, 3.05) is 13.1 Å². The molecule has 0 aliphatic carbocycles. The molecule has 2 aliphatic rings. The fourth-order valence-corrected chi connectivity index (χ4v) is 5.51. The molecule has 2 aromatic carbocycles. The van der Waals surface area contributed by atoms with Crippen molar-refractivity contribution in [3.63, 3.8) is 0 Å². The summed E-state index contributed by atoms with van der Waals surface area (Å²) in [5.74, 6) is 0. The number of pyridine rings is 1. The molecule has 0 spiro atoms. The molecule has 3 aromatic heterocycles. The molecule has 2 atom stereocenters. The van der Waals surface area contributed by atoms with Crippen molar-refractivity contribution in [3.05, 3.63) is 78.8 Å². The molecule has 2 saturated heterocycles. The van der Waals surface area contributed by atoms with E-state index in [4.69, 9.17) is 9.72 Å². The van der Waals surface area contributed by atoms with Gasteiger partial charge in [-0.25, -0.2) is 4.98 Å². The average Bonchev–Trinajstić information content (AvgIpc) is 3.57. The van der Waals surface area contributed by atoms with E-state index >= 15 is 0 Å². The number of fused-ring (bicyclic) bond motifs is 4. The summed E-state index contributed by atoms with van der Waals surface area (Å²) >= 11 is 0. The largest absolute Gasteiger partial charge is 0.372 e. The molecule has 33 heavy (non-hydrogen) atoms. The van der Waals surface area contributed by atoms with Gasteiger partial charge in [0.15, 0.2) is 0 Å². The fraction of sp³-hybridized carbons (Fsp3) is 0.250. The maximum Gasteiger partial charge on any atom is 0.137 e. The van der Waals surface area contributed by atoms with E-state index in [0.29, 0.717) is 12.2 Å². The normalized spacial score (nSPS) is 20.7. The van der Waals surface area contributed by atoms with E-state index in [1.165, 1.54) is 40.5 Å². The number of morpholine rings is 1. The minimum absolute atomic E-state index is 0.439. The van der Waals surface area contributed by atoms with Crippen LogP contribution in [0.25, 0.3) is 44.2 Å². The van der Waals surface area contributed by atoms with Crippen molar-refractivity contribution in [2.45, 2.75) is 31.6 Å². The van der Waals surface area contributed by atoms with Crippen LogP contribution in [-0.2, 0) is 11.3 Å². The van der Waals surface area contributed by atoms with Gasteiger partial charge in [0.05, 0.1) is 12.2 Å². The third-order valence-electron chi connectivity index (χ3n) is 7.21. The summed E-state index contributed by atoms with van der Waals surface area (Å²) in [7, 11) is 0. The van der Waals surface area contributed by atoms with Crippen LogP contribution in [0, 0.1) is 0 Å². The summed E-state index contributed by atoms with van der Waals surface area (Å²) in [6.45, 7) is 3.12. The highest BCUT2D eigenvalue weighted by Crippen LogP contribution is 2.33. The molecule has 5 heteroatoms. The molecule has 0 amide bonds. The van der Waals surface area contributed by atoms with E-state index in [1.54, 1.807) is 0 Å². The molecule has 0 saturated carbocycles. The second kappa shape index (κ2) is 7.58. The first-order valence-corrected chi connectivity index (χ1v) is 11.8. The van der Waals surface area contributed by atoms with Gasteiger partial charge in [0.25, 0.3) is 0 Å². The van der Waals surface area contributed by atoms with Crippen LogP contribution >= 0.6 is 0 Å². The van der Waals surface area contributed by atoms with Crippen LogP contribution in [0.15, 0.2) is 73.2 Å². The number of aromatic amines is 2. The third kappa shape index (κ3) is 3.45. The van der Waals surface area contributed by atoms with Gasteiger partial charge in [0.1, 0.15) is 5.65 Å². The Morgan fingerprint density at radius 1 is 0.879 bits per heavy atom. The molecule has 5 heterocycles. The number of ether oxygens (including phenoxy) is 1. The summed E-state index contributed by atoms with van der Waals surface area (Å²) < 4.78 is 5.98. The second-order valence-corrected chi connectivity index (χ2v) is 9.45. The Labute approximate surface area is 192 Å². The first-order valence-electron chi connectivity index (χ1n) is 11.8. The molecule has 2 N–H and O–H groups in total. The zero-order chi connectivity index (χ0) is 21.8. The lowest BCUT2D eigenvalue weighted by Gasteiger charge is -2.32. The number of likely N-dealkylation sites (tertiary alicyclic amines) is 1. The first-order chi connectivity index (χ1) is 16.3. The standard InChI is InChI=1S/C28H26N4O/c1-3-19(4-2-18(1)15-32-16-23-6-7-24(17-32)33-23)22-12-25-26(14-31-28(25)30-13-22)20-5-8-27-21(11-20)9-10-29-27/h1-5,8-14,23-24,29H,6-7,15-17H2,(H,30,31). The zero-order valence-electron chi connectivity index (χ0n) is 18.4. The van der Waals surface area contributed by atoms with Crippen molar-refractivity contribution in [1.82, 2.24) is 19.9 Å². The Bertz CT molecular complexity index is 1440. The van der Waals surface area contributed by atoms with E-state index in [-0.39, 0.29) is 0 Å². The van der Waals surface area contributed by atoms with E-state index < -0.39 is 0 Å². The maximum absolute atomic E-state index is 5.98. The zero-order valence-corrected chi connectivity index (χ0v) is 18.4. The lowest BCUT2D eigenvalue weighted by atomic mass is 10.0. The Balaban J connectivity index is 1.17. The van der Waals surface area contributed by atoms with Gasteiger partial charge >= 0.3 is 0 Å². The Morgan fingerprint density at radius 3 is 2.55 bits per heavy atom. The highest BCUT2D eigenvalue weighted by atomic mass is 16.5. The van der Waals surface area contributed by atoms with Gasteiger partial charge < -0.3 is 14.7 Å². The number of H-pyrrole nitrogens is 2. The predicted octanol–water partition coefficient (Wildman–Crippen LogP) is 5.74. The van der Waals surface area contributed by atoms with E-state index in [1.807, 2.05) is 12.4 Å². The molecule has 164 valence electrons. The van der Waals surface area contributed by atoms with Crippen molar-refractivity contribution in [3.8, 4) is 22.3 Å². The van der Waals surface area contributed by atoms with Crippen LogP contribution in [0.4, 0.5) is 0 Å². The number of aromatic nitrogens is 3. The summed E-state index contributed by atoms with van der Waals surface area (Å²) in [4.78, 5) is 13.9. The number of hydrogen-bond donors (Lipinski definition) is 2. The summed E-state index contributed by atoms with van der Waals surface area (Å²) in [6, 6.07) is 19.9. The summed E-state index contributed by atoms with van der Waals surface area (Å²) in [5, 5.41) is 2.37. The van der Waals surface area contributed by atoms with E-state index in [2.05, 4.69) is 75.7 Å². The Kier molecular flexibility index (Phi) is 4.38. The average molecular weight is 435 g/mol. The quantitative estimate of drug-likeness (QED) is 0.379. The van der Waals surface area contributed by atoms with Crippen molar-refractivity contribution >= 4 is 21.9 Å². The maximum atomic E-state index is 5.98. The lowest BCUT2D eigenvalue weighted by molar-refractivity contribution is -0.0410. The van der Waals surface area contributed by atoms with Gasteiger partial charge in [0, 0.05) is 60.3 Å². The van der Waals surface area contributed by atoms with Crippen molar-refractivity contribution in [1.29, 1.82) is 0 Å². The minimum atomic E-state index is 0.439. The van der Waals surface area contributed by atoms with Gasteiger partial charge in [-0.2, -0.15) is 0 Å². The molecular weight excluding hydrogens is 408 g/mol. The number of benzene rings is 2. The van der Waals surface area contributed by atoms with E-state index in [0.717, 1.165) is 41.7 Å². The highest BCUT2D eigenvalue weighted by molar-refractivity contribution is 5.98. The molecule has 2 aliphatic heterocycles.